The Morgan fingerprint density at radius 2 is 0.727 bits per heavy atom. The number of pyridine rings is 4. The van der Waals surface area contributed by atoms with Crippen LogP contribution in [0.1, 0.15) is 134 Å². The van der Waals surface area contributed by atoms with Gasteiger partial charge in [0.15, 0.2) is 0 Å². The molecule has 6 heterocycles. The molecule has 2 aliphatic rings. The molecule has 0 aliphatic carbocycles. The molecule has 0 spiro atoms. The van der Waals surface area contributed by atoms with E-state index in [2.05, 4.69) is 92.7 Å². The maximum absolute atomic E-state index is 12.8. The molecule has 12 aromatic rings. The van der Waals surface area contributed by atoms with Crippen molar-refractivity contribution in [1.29, 1.82) is 0 Å². The number of anilines is 4. The lowest BCUT2D eigenvalue weighted by Crippen LogP contribution is -2.43. The first kappa shape index (κ1) is 96.7. The first-order valence-corrected chi connectivity index (χ1v) is 44.2. The summed E-state index contributed by atoms with van der Waals surface area (Å²) in [6.07, 6.45) is 11.9. The highest BCUT2D eigenvalue weighted by Gasteiger charge is 2.24. The maximum Gasteiger partial charge on any atom is 0.257 e. The summed E-state index contributed by atoms with van der Waals surface area (Å²) < 4.78 is 0. The van der Waals surface area contributed by atoms with Crippen LogP contribution in [0.25, 0.3) is 45.0 Å². The van der Waals surface area contributed by atoms with E-state index in [-0.39, 0.29) is 85.1 Å². The molecule has 2 saturated heterocycles. The van der Waals surface area contributed by atoms with Crippen molar-refractivity contribution >= 4 is 151 Å². The van der Waals surface area contributed by atoms with E-state index in [1.165, 1.54) is 35.9 Å². The van der Waals surface area contributed by atoms with Gasteiger partial charge >= 0.3 is 0 Å². The van der Waals surface area contributed by atoms with Crippen LogP contribution in [0.5, 0.6) is 0 Å². The van der Waals surface area contributed by atoms with Gasteiger partial charge in [0.2, 0.25) is 0 Å². The maximum atomic E-state index is 12.8. The molecule has 0 radical (unpaired) electrons. The molecule has 660 valence electrons. The Hall–Kier alpha value is -12.0. The number of likely N-dealkylation sites (tertiary alicyclic amines) is 2. The van der Waals surface area contributed by atoms with Crippen molar-refractivity contribution in [3.8, 4) is 45.0 Å². The van der Waals surface area contributed by atoms with Crippen LogP contribution < -0.4 is 37.2 Å². The fourth-order valence-corrected chi connectivity index (χ4v) is 15.6. The molecule has 30 heteroatoms. The smallest absolute Gasteiger partial charge is 0.257 e. The van der Waals surface area contributed by atoms with Crippen molar-refractivity contribution in [2.75, 3.05) is 108 Å². The van der Waals surface area contributed by atoms with Gasteiger partial charge in [-0.3, -0.25) is 58.3 Å². The monoisotopic (exact) mass is 1860 g/mol. The number of carbonyl (C=O) groups is 8. The minimum absolute atomic E-state index is 0.104. The van der Waals surface area contributed by atoms with Crippen LogP contribution in [0.4, 0.5) is 22.7 Å². The Bertz CT molecular complexity index is 5910. The molecular formula is C98H96Cl7N15O8. The summed E-state index contributed by atoms with van der Waals surface area (Å²) >= 11 is 44.3. The molecule has 0 unspecified atom stereocenters. The number of aryl methyl sites for hydroxylation is 1. The van der Waals surface area contributed by atoms with E-state index in [0.717, 1.165) is 88.4 Å². The van der Waals surface area contributed by atoms with Gasteiger partial charge in [0.05, 0.1) is 74.6 Å². The Morgan fingerprint density at radius 3 is 1.06 bits per heavy atom. The van der Waals surface area contributed by atoms with Gasteiger partial charge in [-0.2, -0.15) is 0 Å². The van der Waals surface area contributed by atoms with E-state index in [1.54, 1.807) is 166 Å². The summed E-state index contributed by atoms with van der Waals surface area (Å²) in [5.41, 5.74) is 11.9. The highest BCUT2D eigenvalue weighted by atomic mass is 35.5. The number of rotatable bonds is 26. The summed E-state index contributed by atoms with van der Waals surface area (Å²) in [6, 6.07) is 62.2. The number of hydrogen-bond donors (Lipinski definition) is 7. The van der Waals surface area contributed by atoms with Crippen molar-refractivity contribution in [1.82, 2.24) is 55.5 Å². The van der Waals surface area contributed by atoms with Crippen LogP contribution in [-0.4, -0.2) is 179 Å². The lowest BCUT2D eigenvalue weighted by molar-refractivity contribution is 0.0825. The minimum atomic E-state index is -0.384. The standard InChI is InChI=1S/C26H28Cl2N4O2.2C25H24Cl2N4O2.C22H20ClN3O2/c1-3-32(4-2)15-7-14-30-25(33)18-9-11-20(23(28)16-18)26(34)31-19-10-12-22(27)21(17-19)24-8-5-6-13-29-24;1-31-12-9-17(10-13-31)29-24(32)16-5-7-19(22(27)14-16)25(33)30-18-6-8-21(26)20(15-18)23-4-2-3-11-28-23;26-21-9-7-18(16-20(21)23-5-1-2-10-28-23)30-25(33)19-8-6-17(15-22(19)27)24(32)29-11-14-31-12-3-4-13-31;1-14-12-15(22(28)26(2)3)7-9-17(14)21(27)25-16-8-10-19(23)18(13-16)20-6-4-5-11-24-20/h5-6,8-13,16-17H,3-4,7,14-15H2,1-2H3,(H,30,33)(H,31,34);2-8,11,14-15,17H,9-10,12-13H2,1H3,(H,29,32)(H,30,33);1-2,5-10,15-16H,3-4,11-14H2,(H,29,32)(H,30,33);4-13H,1-3H3,(H,25,27). The predicted octanol–water partition coefficient (Wildman–Crippen LogP) is 20.7. The van der Waals surface area contributed by atoms with E-state index >= 15 is 0 Å². The van der Waals surface area contributed by atoms with Gasteiger partial charge in [-0.15, -0.1) is 0 Å². The number of carbonyl (C=O) groups excluding carboxylic acids is 8. The van der Waals surface area contributed by atoms with Crippen molar-refractivity contribution in [2.24, 2.45) is 0 Å². The molecule has 4 aromatic heterocycles. The summed E-state index contributed by atoms with van der Waals surface area (Å²) in [5, 5.41) is 23.0. The normalized spacial score (nSPS) is 12.5. The Balaban J connectivity index is 0.000000166. The zero-order valence-corrected chi connectivity index (χ0v) is 76.6. The number of benzene rings is 8. The van der Waals surface area contributed by atoms with Crippen LogP contribution in [-0.2, 0) is 0 Å². The average Bonchev–Trinajstić information content (AvgIpc) is 1.95. The summed E-state index contributed by atoms with van der Waals surface area (Å²) in [5.74, 6) is -2.11. The highest BCUT2D eigenvalue weighted by molar-refractivity contribution is 6.37. The summed E-state index contributed by atoms with van der Waals surface area (Å²) in [6.45, 7) is 15.0. The Kier molecular flexibility index (Phi) is 36.0. The summed E-state index contributed by atoms with van der Waals surface area (Å²) in [7, 11) is 5.46. The van der Waals surface area contributed by atoms with E-state index in [4.69, 9.17) is 81.2 Å². The van der Waals surface area contributed by atoms with E-state index in [9.17, 15) is 38.4 Å². The van der Waals surface area contributed by atoms with E-state index < -0.39 is 0 Å². The van der Waals surface area contributed by atoms with Crippen molar-refractivity contribution in [3.63, 3.8) is 0 Å². The number of nitrogens with one attached hydrogen (secondary N) is 7. The fourth-order valence-electron chi connectivity index (χ4n) is 13.9. The second kappa shape index (κ2) is 47.7. The Morgan fingerprint density at radius 1 is 0.383 bits per heavy atom. The van der Waals surface area contributed by atoms with Crippen molar-refractivity contribution in [2.45, 2.75) is 58.9 Å². The number of nitrogens with zero attached hydrogens (tertiary/aromatic N) is 8. The zero-order chi connectivity index (χ0) is 91.3. The van der Waals surface area contributed by atoms with Crippen LogP contribution in [0.3, 0.4) is 0 Å². The van der Waals surface area contributed by atoms with Gasteiger partial charge in [0, 0.05) is 137 Å². The van der Waals surface area contributed by atoms with Gasteiger partial charge in [0.1, 0.15) is 0 Å². The Labute approximate surface area is 779 Å². The third-order valence-electron chi connectivity index (χ3n) is 21.0. The van der Waals surface area contributed by atoms with Gasteiger partial charge in [-0.25, -0.2) is 0 Å². The average molecular weight is 1860 g/mol. The predicted molar refractivity (Wildman–Crippen MR) is 515 cm³/mol. The van der Waals surface area contributed by atoms with Crippen LogP contribution >= 0.6 is 81.2 Å². The van der Waals surface area contributed by atoms with Crippen molar-refractivity contribution < 1.29 is 38.4 Å². The lowest BCUT2D eigenvalue weighted by Gasteiger charge is -2.29. The lowest BCUT2D eigenvalue weighted by atomic mass is 10.0. The molecule has 2 aliphatic heterocycles. The molecule has 14 rings (SSSR count). The van der Waals surface area contributed by atoms with Crippen LogP contribution in [0.15, 0.2) is 243 Å². The highest BCUT2D eigenvalue weighted by Crippen LogP contribution is 2.35. The van der Waals surface area contributed by atoms with Crippen LogP contribution in [0, 0.1) is 6.92 Å². The minimum Gasteiger partial charge on any atom is -0.352 e. The SMILES string of the molecule is CCN(CC)CCCNC(=O)c1ccc(C(=O)Nc2ccc(Cl)c(-c3ccccn3)c2)c(Cl)c1.CN1CCC(NC(=O)c2ccc(C(=O)Nc3ccc(Cl)c(-c4ccccn4)c3)c(Cl)c2)CC1.Cc1cc(C(=O)N(C)C)ccc1C(=O)Nc1ccc(Cl)c(-c2ccccn2)c1.O=C(NCCN1CCCC1)c1ccc(C(=O)Nc2ccc(Cl)c(-c3ccccn3)c2)c(Cl)c1. The van der Waals surface area contributed by atoms with Gasteiger partial charge in [-0.1, -0.05) is 119 Å². The van der Waals surface area contributed by atoms with E-state index in [0.29, 0.717) is 118 Å². The van der Waals surface area contributed by atoms with Gasteiger partial charge < -0.3 is 56.8 Å². The first-order valence-electron chi connectivity index (χ1n) is 41.5. The molecule has 2 fully saturated rings. The zero-order valence-electron chi connectivity index (χ0n) is 71.3. The molecule has 7 N–H and O–H groups in total. The van der Waals surface area contributed by atoms with Crippen LogP contribution in [0.2, 0.25) is 35.2 Å². The second-order valence-corrected chi connectivity index (χ2v) is 33.1. The molecule has 23 nitrogen and oxygen atoms in total. The van der Waals surface area contributed by atoms with Crippen molar-refractivity contribution in [3.05, 3.63) is 328 Å². The molecule has 0 bridgehead atoms. The third-order valence-corrected chi connectivity index (χ3v) is 23.3. The first-order chi connectivity index (χ1) is 61.7. The summed E-state index contributed by atoms with van der Waals surface area (Å²) in [4.78, 5) is 126. The molecule has 8 amide bonds. The molecule has 0 saturated carbocycles. The second-order valence-electron chi connectivity index (χ2n) is 30.3. The fraction of sp³-hybridized carbons (Fsp3) is 0.224. The number of halogens is 7. The molecule has 128 heavy (non-hydrogen) atoms. The topological polar surface area (TPSA) is 285 Å². The number of amides is 8. The van der Waals surface area contributed by atoms with Gasteiger partial charge in [-0.05, 0) is 292 Å². The quantitative estimate of drug-likeness (QED) is 0.0248. The van der Waals surface area contributed by atoms with Gasteiger partial charge in [0.25, 0.3) is 47.3 Å². The number of piperidine rings is 1. The number of aromatic nitrogens is 4. The largest absolute Gasteiger partial charge is 0.352 e. The molecular weight excluding hydrogens is 1760 g/mol. The van der Waals surface area contributed by atoms with E-state index in [1.807, 2.05) is 79.7 Å². The third kappa shape index (κ3) is 27.5. The molecule has 8 aromatic carbocycles. The number of hydrogen-bond acceptors (Lipinski definition) is 15. The molecule has 0 atom stereocenters.